The van der Waals surface area contributed by atoms with Crippen LogP contribution in [0.1, 0.15) is 25.0 Å². The molecule has 1 N–H and O–H groups in total. The average molecular weight is 331 g/mol. The fraction of sp³-hybridized carbons (Fsp3) is 0.632. The van der Waals surface area contributed by atoms with Crippen molar-refractivity contribution >= 4 is 6.03 Å². The number of benzene rings is 1. The lowest BCUT2D eigenvalue weighted by Gasteiger charge is -2.38. The quantitative estimate of drug-likeness (QED) is 0.919. The second-order valence-corrected chi connectivity index (χ2v) is 7.09. The summed E-state index contributed by atoms with van der Waals surface area (Å²) in [6.07, 6.45) is 1.09. The van der Waals surface area contributed by atoms with E-state index in [1.165, 1.54) is 11.1 Å². The number of hydrogen-bond acceptors (Lipinski definition) is 3. The molecular weight excluding hydrogens is 302 g/mol. The van der Waals surface area contributed by atoms with Gasteiger partial charge < -0.3 is 15.0 Å². The number of urea groups is 1. The highest BCUT2D eigenvalue weighted by molar-refractivity contribution is 5.74. The first-order valence-corrected chi connectivity index (χ1v) is 9.06. The lowest BCUT2D eigenvalue weighted by molar-refractivity contribution is 0.0520. The van der Waals surface area contributed by atoms with Gasteiger partial charge in [-0.3, -0.25) is 4.90 Å². The second kappa shape index (κ2) is 7.99. The van der Waals surface area contributed by atoms with Crippen LogP contribution in [-0.2, 0) is 17.7 Å². The third-order valence-electron chi connectivity index (χ3n) is 5.16. The maximum Gasteiger partial charge on any atom is 0.317 e. The van der Waals surface area contributed by atoms with Crippen molar-refractivity contribution < 1.29 is 9.53 Å². The largest absolute Gasteiger partial charge is 0.378 e. The van der Waals surface area contributed by atoms with E-state index in [0.717, 1.165) is 19.5 Å². The lowest BCUT2D eigenvalue weighted by Crippen LogP contribution is -2.52. The van der Waals surface area contributed by atoms with Crippen LogP contribution in [0, 0.1) is 5.92 Å². The number of rotatable bonds is 4. The third kappa shape index (κ3) is 4.08. The summed E-state index contributed by atoms with van der Waals surface area (Å²) in [7, 11) is 0. The van der Waals surface area contributed by atoms with Crippen molar-refractivity contribution in [3.05, 3.63) is 35.4 Å². The van der Waals surface area contributed by atoms with Crippen molar-refractivity contribution in [2.24, 2.45) is 5.92 Å². The minimum absolute atomic E-state index is 0.0429. The highest BCUT2D eigenvalue weighted by atomic mass is 16.5. The third-order valence-corrected chi connectivity index (χ3v) is 5.16. The molecule has 3 rings (SSSR count). The summed E-state index contributed by atoms with van der Waals surface area (Å²) in [6, 6.07) is 9.11. The highest BCUT2D eigenvalue weighted by Gasteiger charge is 2.27. The van der Waals surface area contributed by atoms with E-state index >= 15 is 0 Å². The monoisotopic (exact) mass is 331 g/mol. The lowest BCUT2D eigenvalue weighted by atomic mass is 9.95. The molecule has 0 aromatic heterocycles. The molecule has 0 radical (unpaired) electrons. The second-order valence-electron chi connectivity index (χ2n) is 7.09. The van der Waals surface area contributed by atoms with Crippen LogP contribution in [-0.4, -0.2) is 61.3 Å². The van der Waals surface area contributed by atoms with Crippen LogP contribution in [0.5, 0.6) is 0 Å². The van der Waals surface area contributed by atoms with Gasteiger partial charge in [0, 0.05) is 38.8 Å². The Morgan fingerprint density at radius 1 is 1.17 bits per heavy atom. The van der Waals surface area contributed by atoms with E-state index in [2.05, 4.69) is 48.3 Å². The summed E-state index contributed by atoms with van der Waals surface area (Å²) in [6.45, 7) is 9.90. The van der Waals surface area contributed by atoms with Crippen LogP contribution in [0.25, 0.3) is 0 Å². The van der Waals surface area contributed by atoms with Gasteiger partial charge in [-0.15, -0.1) is 0 Å². The number of nitrogens with zero attached hydrogens (tertiary/aromatic N) is 2. The zero-order valence-electron chi connectivity index (χ0n) is 14.8. The van der Waals surface area contributed by atoms with Crippen molar-refractivity contribution in [3.63, 3.8) is 0 Å². The summed E-state index contributed by atoms with van der Waals surface area (Å²) in [5.41, 5.74) is 2.89. The topological polar surface area (TPSA) is 44.8 Å². The van der Waals surface area contributed by atoms with Gasteiger partial charge in [-0.2, -0.15) is 0 Å². The molecule has 2 amide bonds. The minimum Gasteiger partial charge on any atom is -0.378 e. The van der Waals surface area contributed by atoms with Crippen LogP contribution in [0.15, 0.2) is 24.3 Å². The van der Waals surface area contributed by atoms with Gasteiger partial charge in [0.1, 0.15) is 0 Å². The summed E-state index contributed by atoms with van der Waals surface area (Å²) in [5.74, 6) is 0.500. The molecule has 0 bridgehead atoms. The Balaban J connectivity index is 1.58. The Labute approximate surface area is 145 Å². The van der Waals surface area contributed by atoms with Crippen molar-refractivity contribution in [3.8, 4) is 0 Å². The molecule has 0 spiro atoms. The van der Waals surface area contributed by atoms with Gasteiger partial charge in [0.25, 0.3) is 0 Å². The molecule has 5 heteroatoms. The minimum atomic E-state index is 0.0429. The number of carbonyl (C=O) groups is 1. The summed E-state index contributed by atoms with van der Waals surface area (Å²) in [4.78, 5) is 16.7. The molecule has 2 aliphatic rings. The molecule has 2 aliphatic heterocycles. The highest BCUT2D eigenvalue weighted by Crippen LogP contribution is 2.22. The molecule has 1 fully saturated rings. The van der Waals surface area contributed by atoms with E-state index in [4.69, 9.17) is 4.74 Å². The SMILES string of the molecule is CC(C)C(CNC(=O)N1CCOCC1)N1CCc2ccccc2C1. The Morgan fingerprint density at radius 3 is 2.58 bits per heavy atom. The predicted molar refractivity (Wildman–Crippen MR) is 95.0 cm³/mol. The smallest absolute Gasteiger partial charge is 0.317 e. The molecule has 2 heterocycles. The van der Waals surface area contributed by atoms with E-state index < -0.39 is 0 Å². The number of ether oxygens (including phenoxy) is 1. The Kier molecular flexibility index (Phi) is 5.74. The fourth-order valence-corrected chi connectivity index (χ4v) is 3.66. The van der Waals surface area contributed by atoms with Crippen LogP contribution < -0.4 is 5.32 Å². The van der Waals surface area contributed by atoms with E-state index in [1.54, 1.807) is 0 Å². The Bertz CT molecular complexity index is 555. The molecule has 132 valence electrons. The van der Waals surface area contributed by atoms with Crippen molar-refractivity contribution in [2.75, 3.05) is 39.4 Å². The van der Waals surface area contributed by atoms with Gasteiger partial charge in [-0.1, -0.05) is 38.1 Å². The molecular formula is C19H29N3O2. The van der Waals surface area contributed by atoms with Crippen LogP contribution in [0.4, 0.5) is 4.79 Å². The molecule has 5 nitrogen and oxygen atoms in total. The van der Waals surface area contributed by atoms with Gasteiger partial charge in [0.15, 0.2) is 0 Å². The zero-order valence-corrected chi connectivity index (χ0v) is 14.8. The maximum absolute atomic E-state index is 12.3. The molecule has 24 heavy (non-hydrogen) atoms. The summed E-state index contributed by atoms with van der Waals surface area (Å²) < 4.78 is 5.31. The average Bonchev–Trinajstić information content (AvgIpc) is 2.62. The van der Waals surface area contributed by atoms with E-state index in [9.17, 15) is 4.79 Å². The summed E-state index contributed by atoms with van der Waals surface area (Å²) >= 11 is 0. The Morgan fingerprint density at radius 2 is 1.88 bits per heavy atom. The predicted octanol–water partition coefficient (Wildman–Crippen LogP) is 2.11. The zero-order chi connectivity index (χ0) is 16.9. The molecule has 1 atom stereocenters. The number of fused-ring (bicyclic) bond motifs is 1. The standard InChI is InChI=1S/C19H29N3O2/c1-15(2)18(13-20-19(23)21-9-11-24-12-10-21)22-8-7-16-5-3-4-6-17(16)14-22/h3-6,15,18H,7-14H2,1-2H3,(H,20,23). The molecule has 1 saturated heterocycles. The first kappa shape index (κ1) is 17.2. The maximum atomic E-state index is 12.3. The summed E-state index contributed by atoms with van der Waals surface area (Å²) in [5, 5.41) is 3.14. The molecule has 1 aromatic rings. The Hall–Kier alpha value is -1.59. The number of hydrogen-bond donors (Lipinski definition) is 1. The number of morpholine rings is 1. The van der Waals surface area contributed by atoms with Gasteiger partial charge >= 0.3 is 6.03 Å². The normalized spacial score (nSPS) is 19.9. The molecule has 0 saturated carbocycles. The van der Waals surface area contributed by atoms with Gasteiger partial charge in [-0.25, -0.2) is 4.79 Å². The number of nitrogens with one attached hydrogen (secondary N) is 1. The van der Waals surface area contributed by atoms with Crippen molar-refractivity contribution in [1.82, 2.24) is 15.1 Å². The van der Waals surface area contributed by atoms with Crippen molar-refractivity contribution in [1.29, 1.82) is 0 Å². The number of amides is 2. The van der Waals surface area contributed by atoms with E-state index in [-0.39, 0.29) is 6.03 Å². The van der Waals surface area contributed by atoms with Gasteiger partial charge in [0.2, 0.25) is 0 Å². The molecule has 0 aliphatic carbocycles. The van der Waals surface area contributed by atoms with Gasteiger partial charge in [0.05, 0.1) is 13.2 Å². The van der Waals surface area contributed by atoms with E-state index in [0.29, 0.717) is 44.8 Å². The van der Waals surface area contributed by atoms with E-state index in [1.807, 2.05) is 4.90 Å². The first-order valence-electron chi connectivity index (χ1n) is 9.06. The first-order chi connectivity index (χ1) is 11.6. The van der Waals surface area contributed by atoms with Crippen LogP contribution in [0.2, 0.25) is 0 Å². The molecule has 1 unspecified atom stereocenters. The molecule has 1 aromatic carbocycles. The van der Waals surface area contributed by atoms with Crippen LogP contribution >= 0.6 is 0 Å². The fourth-order valence-electron chi connectivity index (χ4n) is 3.66. The number of carbonyl (C=O) groups excluding carboxylic acids is 1. The van der Waals surface area contributed by atoms with Crippen molar-refractivity contribution in [2.45, 2.75) is 32.9 Å². The van der Waals surface area contributed by atoms with Gasteiger partial charge in [-0.05, 0) is 23.5 Å². The van der Waals surface area contributed by atoms with Crippen LogP contribution in [0.3, 0.4) is 0 Å².